The van der Waals surface area contributed by atoms with Gasteiger partial charge in [0.15, 0.2) is 0 Å². The molecule has 0 saturated heterocycles. The van der Waals surface area contributed by atoms with Crippen LogP contribution >= 0.6 is 11.6 Å². The smallest absolute Gasteiger partial charge is 0.229 e. The molecule has 0 aliphatic rings. The van der Waals surface area contributed by atoms with E-state index in [0.29, 0.717) is 6.42 Å². The summed E-state index contributed by atoms with van der Waals surface area (Å²) in [5.74, 6) is 0.391. The van der Waals surface area contributed by atoms with Crippen LogP contribution in [0.3, 0.4) is 0 Å². The first kappa shape index (κ1) is 13.6. The van der Waals surface area contributed by atoms with E-state index in [9.17, 15) is 4.79 Å². The minimum atomic E-state index is -0.367. The van der Waals surface area contributed by atoms with E-state index in [0.717, 1.165) is 16.9 Å². The van der Waals surface area contributed by atoms with Gasteiger partial charge in [0.2, 0.25) is 5.24 Å². The van der Waals surface area contributed by atoms with E-state index in [1.165, 1.54) is 0 Å². The molecule has 1 aromatic heterocycles. The highest BCUT2D eigenvalue weighted by Gasteiger charge is 2.19. The predicted octanol–water partition coefficient (Wildman–Crippen LogP) is 3.18. The van der Waals surface area contributed by atoms with E-state index in [4.69, 9.17) is 16.3 Å². The Bertz CT molecular complexity index is 540. The van der Waals surface area contributed by atoms with Crippen molar-refractivity contribution < 1.29 is 9.53 Å². The summed E-state index contributed by atoms with van der Waals surface area (Å²) in [6.45, 7) is 0. The molecule has 0 aliphatic heterocycles. The van der Waals surface area contributed by atoms with Gasteiger partial charge in [-0.25, -0.2) is 0 Å². The van der Waals surface area contributed by atoms with Gasteiger partial charge < -0.3 is 4.74 Å². The summed E-state index contributed by atoms with van der Waals surface area (Å²) < 4.78 is 5.10. The van der Waals surface area contributed by atoms with Crippen molar-refractivity contribution in [3.63, 3.8) is 0 Å². The number of carbonyl (C=O) groups excluding carboxylic acids is 1. The first-order valence-corrected chi connectivity index (χ1v) is 6.30. The summed E-state index contributed by atoms with van der Waals surface area (Å²) in [6.07, 6.45) is 3.99. The molecule has 0 radical (unpaired) electrons. The molecule has 0 spiro atoms. The number of hydrogen-bond acceptors (Lipinski definition) is 3. The SMILES string of the molecule is COc1ccc(C(Cc2cccnc2)C(=O)Cl)cc1. The number of pyridine rings is 1. The summed E-state index contributed by atoms with van der Waals surface area (Å²) in [5, 5.41) is -0.367. The molecular formula is C15H14ClNO2. The Kier molecular flexibility index (Phi) is 4.53. The molecule has 1 aromatic carbocycles. The van der Waals surface area contributed by atoms with E-state index in [2.05, 4.69) is 4.98 Å². The quantitative estimate of drug-likeness (QED) is 0.787. The van der Waals surface area contributed by atoms with Gasteiger partial charge in [0, 0.05) is 12.4 Å². The number of rotatable bonds is 5. The third-order valence-corrected chi connectivity index (χ3v) is 3.22. The largest absolute Gasteiger partial charge is 0.497 e. The number of halogens is 1. The third kappa shape index (κ3) is 3.55. The normalized spacial score (nSPS) is 11.9. The van der Waals surface area contributed by atoms with Crippen molar-refractivity contribution in [2.75, 3.05) is 7.11 Å². The Morgan fingerprint density at radius 1 is 1.32 bits per heavy atom. The molecule has 1 heterocycles. The molecule has 3 nitrogen and oxygen atoms in total. The summed E-state index contributed by atoms with van der Waals surface area (Å²) in [7, 11) is 1.61. The minimum absolute atomic E-state index is 0.364. The molecule has 1 atom stereocenters. The average molecular weight is 276 g/mol. The van der Waals surface area contributed by atoms with E-state index in [1.807, 2.05) is 36.4 Å². The fraction of sp³-hybridized carbons (Fsp3) is 0.200. The first-order chi connectivity index (χ1) is 9.20. The molecule has 0 bridgehead atoms. The maximum atomic E-state index is 11.6. The molecule has 0 fully saturated rings. The zero-order valence-electron chi connectivity index (χ0n) is 10.5. The van der Waals surface area contributed by atoms with Gasteiger partial charge >= 0.3 is 0 Å². The van der Waals surface area contributed by atoms with Crippen LogP contribution in [0.4, 0.5) is 0 Å². The average Bonchev–Trinajstić information content (AvgIpc) is 2.46. The Balaban J connectivity index is 2.22. The van der Waals surface area contributed by atoms with Gasteiger partial charge in [0.25, 0.3) is 0 Å². The lowest BCUT2D eigenvalue weighted by Gasteiger charge is -2.13. The number of carbonyl (C=O) groups is 1. The molecule has 0 amide bonds. The van der Waals surface area contributed by atoms with Crippen LogP contribution in [-0.4, -0.2) is 17.3 Å². The van der Waals surface area contributed by atoms with Crippen molar-refractivity contribution in [1.82, 2.24) is 4.98 Å². The van der Waals surface area contributed by atoms with Gasteiger partial charge in [0.05, 0.1) is 13.0 Å². The zero-order chi connectivity index (χ0) is 13.7. The molecule has 2 rings (SSSR count). The third-order valence-electron chi connectivity index (χ3n) is 2.95. The van der Waals surface area contributed by atoms with Crippen molar-refractivity contribution in [2.24, 2.45) is 0 Å². The van der Waals surface area contributed by atoms with E-state index < -0.39 is 0 Å². The van der Waals surface area contributed by atoms with Gasteiger partial charge in [-0.15, -0.1) is 0 Å². The van der Waals surface area contributed by atoms with Crippen molar-refractivity contribution in [1.29, 1.82) is 0 Å². The molecule has 0 N–H and O–H groups in total. The van der Waals surface area contributed by atoms with Crippen molar-refractivity contribution in [3.8, 4) is 5.75 Å². The standard InChI is InChI=1S/C15H14ClNO2/c1-19-13-6-4-12(5-7-13)14(15(16)18)9-11-3-2-8-17-10-11/h2-8,10,14H,9H2,1H3. The van der Waals surface area contributed by atoms with Crippen LogP contribution in [0.25, 0.3) is 0 Å². The highest BCUT2D eigenvalue weighted by Crippen LogP contribution is 2.25. The van der Waals surface area contributed by atoms with Crippen LogP contribution in [0.2, 0.25) is 0 Å². The highest BCUT2D eigenvalue weighted by molar-refractivity contribution is 6.64. The molecule has 2 aromatic rings. The second-order valence-corrected chi connectivity index (χ2v) is 4.57. The summed E-state index contributed by atoms with van der Waals surface area (Å²) >= 11 is 5.71. The topological polar surface area (TPSA) is 39.2 Å². The molecule has 1 unspecified atom stereocenters. The lowest BCUT2D eigenvalue weighted by Crippen LogP contribution is -2.10. The highest BCUT2D eigenvalue weighted by atomic mass is 35.5. The molecule has 0 saturated carbocycles. The van der Waals surface area contributed by atoms with Gasteiger partial charge in [0.1, 0.15) is 5.75 Å². The number of methoxy groups -OCH3 is 1. The minimum Gasteiger partial charge on any atom is -0.497 e. The van der Waals surface area contributed by atoms with Crippen LogP contribution in [0.1, 0.15) is 17.0 Å². The Morgan fingerprint density at radius 3 is 2.58 bits per heavy atom. The van der Waals surface area contributed by atoms with Crippen LogP contribution in [0.15, 0.2) is 48.8 Å². The molecule has 0 aliphatic carbocycles. The zero-order valence-corrected chi connectivity index (χ0v) is 11.3. The maximum Gasteiger partial charge on any atom is 0.229 e. The Morgan fingerprint density at radius 2 is 2.05 bits per heavy atom. The van der Waals surface area contributed by atoms with Crippen molar-refractivity contribution in [2.45, 2.75) is 12.3 Å². The van der Waals surface area contributed by atoms with Crippen molar-refractivity contribution in [3.05, 3.63) is 59.9 Å². The predicted molar refractivity (Wildman–Crippen MR) is 74.5 cm³/mol. The van der Waals surface area contributed by atoms with Crippen LogP contribution < -0.4 is 4.74 Å². The number of ether oxygens (including phenoxy) is 1. The van der Waals surface area contributed by atoms with Gasteiger partial charge in [-0.05, 0) is 47.3 Å². The summed E-state index contributed by atoms with van der Waals surface area (Å²) in [4.78, 5) is 15.7. The van der Waals surface area contributed by atoms with Crippen LogP contribution in [0, 0.1) is 0 Å². The van der Waals surface area contributed by atoms with E-state index >= 15 is 0 Å². The van der Waals surface area contributed by atoms with Crippen LogP contribution in [-0.2, 0) is 11.2 Å². The second kappa shape index (κ2) is 6.34. The fourth-order valence-electron chi connectivity index (χ4n) is 1.92. The van der Waals surface area contributed by atoms with Gasteiger partial charge in [-0.2, -0.15) is 0 Å². The number of hydrogen-bond donors (Lipinski definition) is 0. The van der Waals surface area contributed by atoms with Gasteiger partial charge in [-0.3, -0.25) is 9.78 Å². The second-order valence-electron chi connectivity index (χ2n) is 4.20. The molecular weight excluding hydrogens is 262 g/mol. The van der Waals surface area contributed by atoms with E-state index in [-0.39, 0.29) is 11.2 Å². The van der Waals surface area contributed by atoms with Crippen molar-refractivity contribution >= 4 is 16.8 Å². The maximum absolute atomic E-state index is 11.6. The van der Waals surface area contributed by atoms with E-state index in [1.54, 1.807) is 19.5 Å². The molecule has 4 heteroatoms. The Labute approximate surface area is 117 Å². The molecule has 98 valence electrons. The summed E-state index contributed by atoms with van der Waals surface area (Å²) in [5.41, 5.74) is 1.86. The molecule has 19 heavy (non-hydrogen) atoms. The summed E-state index contributed by atoms with van der Waals surface area (Å²) in [6, 6.07) is 11.2. The lowest BCUT2D eigenvalue weighted by atomic mass is 9.94. The number of aromatic nitrogens is 1. The Hall–Kier alpha value is -1.87. The monoisotopic (exact) mass is 275 g/mol. The number of nitrogens with zero attached hydrogens (tertiary/aromatic N) is 1. The fourth-order valence-corrected chi connectivity index (χ4v) is 2.12. The van der Waals surface area contributed by atoms with Gasteiger partial charge in [-0.1, -0.05) is 18.2 Å². The lowest BCUT2D eigenvalue weighted by molar-refractivity contribution is -0.113. The van der Waals surface area contributed by atoms with Crippen LogP contribution in [0.5, 0.6) is 5.75 Å². The number of benzene rings is 1. The first-order valence-electron chi connectivity index (χ1n) is 5.93.